The summed E-state index contributed by atoms with van der Waals surface area (Å²) in [5.74, 6) is -0.445. The number of azo groups is 1. The van der Waals surface area contributed by atoms with Gasteiger partial charge in [0.15, 0.2) is 5.75 Å². The Morgan fingerprint density at radius 2 is 1.70 bits per heavy atom. The van der Waals surface area contributed by atoms with Crippen molar-refractivity contribution in [3.05, 3.63) is 56.7 Å². The first kappa shape index (κ1) is 14.2. The molecule has 0 amide bonds. The molecule has 0 fully saturated rings. The Hall–Kier alpha value is -2.21. The molecule has 6 heteroatoms. The summed E-state index contributed by atoms with van der Waals surface area (Å²) < 4.78 is 0.219. The second-order valence-corrected chi connectivity index (χ2v) is 5.08. The van der Waals surface area contributed by atoms with Crippen LogP contribution in [0.5, 0.6) is 5.75 Å². The van der Waals surface area contributed by atoms with Gasteiger partial charge in [0.1, 0.15) is 0 Å². The molecule has 102 valence electrons. The van der Waals surface area contributed by atoms with E-state index in [1.807, 2.05) is 31.2 Å². The largest absolute Gasteiger partial charge is 0.503 e. The van der Waals surface area contributed by atoms with E-state index in [9.17, 15) is 9.90 Å². The fourth-order valence-electron chi connectivity index (χ4n) is 1.49. The maximum atomic E-state index is 11.6. The molecule has 5 nitrogen and oxygen atoms in total. The summed E-state index contributed by atoms with van der Waals surface area (Å²) in [7, 11) is 0. The number of hydrogen-bond acceptors (Lipinski definition) is 5. The normalized spacial score (nSPS) is 10.9. The summed E-state index contributed by atoms with van der Waals surface area (Å²) >= 11 is 3.09. The van der Waals surface area contributed by atoms with E-state index in [2.05, 4.69) is 26.2 Å². The summed E-state index contributed by atoms with van der Waals surface area (Å²) in [5, 5.41) is 17.6. The van der Waals surface area contributed by atoms with Crippen molar-refractivity contribution in [1.82, 2.24) is 0 Å². The molecule has 0 aromatic heterocycles. The minimum atomic E-state index is -0.645. The first-order chi connectivity index (χ1) is 9.47. The Morgan fingerprint density at radius 1 is 1.10 bits per heavy atom. The summed E-state index contributed by atoms with van der Waals surface area (Å²) in [6.45, 7) is 1.98. The number of nitrogens with zero attached hydrogens (tertiary/aromatic N) is 2. The smallest absolute Gasteiger partial charge is 0.244 e. The van der Waals surface area contributed by atoms with Crippen LogP contribution in [-0.4, -0.2) is 5.11 Å². The number of nitrogens with two attached hydrogens (primary N) is 1. The molecule has 0 bridgehead atoms. The zero-order chi connectivity index (χ0) is 14.7. The monoisotopic (exact) mass is 333 g/mol. The zero-order valence-electron chi connectivity index (χ0n) is 10.7. The summed E-state index contributed by atoms with van der Waals surface area (Å²) in [5.41, 5.74) is 7.01. The van der Waals surface area contributed by atoms with E-state index < -0.39 is 11.2 Å². The van der Waals surface area contributed by atoms with Crippen LogP contribution < -0.4 is 11.2 Å². The summed E-state index contributed by atoms with van der Waals surface area (Å²) in [6.07, 6.45) is 0. The minimum Gasteiger partial charge on any atom is -0.503 e. The van der Waals surface area contributed by atoms with Crippen LogP contribution >= 0.6 is 15.9 Å². The van der Waals surface area contributed by atoms with Crippen molar-refractivity contribution in [2.24, 2.45) is 10.2 Å². The van der Waals surface area contributed by atoms with E-state index in [0.717, 1.165) is 5.56 Å². The molecule has 0 saturated carbocycles. The van der Waals surface area contributed by atoms with E-state index in [0.29, 0.717) is 11.4 Å². The summed E-state index contributed by atoms with van der Waals surface area (Å²) in [6, 6.07) is 10.3. The van der Waals surface area contributed by atoms with E-state index in [1.54, 1.807) is 0 Å². The topological polar surface area (TPSA) is 88.0 Å². The van der Waals surface area contributed by atoms with Gasteiger partial charge in [-0.3, -0.25) is 4.79 Å². The fourth-order valence-corrected chi connectivity index (χ4v) is 1.91. The highest BCUT2D eigenvalue weighted by Crippen LogP contribution is 2.26. The van der Waals surface area contributed by atoms with Gasteiger partial charge in [0.05, 0.1) is 21.5 Å². The van der Waals surface area contributed by atoms with Crippen LogP contribution in [-0.2, 0) is 0 Å². The lowest BCUT2D eigenvalue weighted by atomic mass is 10.2. The number of aryl methyl sites for hydroxylation is 1. The number of aromatic hydroxyl groups is 1. The van der Waals surface area contributed by atoms with Crippen molar-refractivity contribution < 1.29 is 5.11 Å². The predicted molar refractivity (Wildman–Crippen MR) is 81.8 cm³/mol. The number of anilines is 1. The molecular weight excluding hydrogens is 322 g/mol. The molecule has 20 heavy (non-hydrogen) atoms. The van der Waals surface area contributed by atoms with E-state index in [4.69, 9.17) is 5.73 Å². The Balaban J connectivity index is 2.42. The molecule has 0 radical (unpaired) electrons. The molecular formula is C14H12BrN3O2. The van der Waals surface area contributed by atoms with E-state index in [-0.39, 0.29) is 10.2 Å². The highest BCUT2D eigenvalue weighted by molar-refractivity contribution is 9.10. The quantitative estimate of drug-likeness (QED) is 0.818. The number of benzene rings is 1. The van der Waals surface area contributed by atoms with Crippen LogP contribution in [0.25, 0.3) is 0 Å². The van der Waals surface area contributed by atoms with E-state index in [1.165, 1.54) is 12.1 Å². The third-order valence-electron chi connectivity index (χ3n) is 2.60. The molecule has 0 atom stereocenters. The third-order valence-corrected chi connectivity index (χ3v) is 3.20. The van der Waals surface area contributed by atoms with Gasteiger partial charge in [-0.15, -0.1) is 0 Å². The van der Waals surface area contributed by atoms with Crippen LogP contribution in [0.4, 0.5) is 17.1 Å². The van der Waals surface area contributed by atoms with Crippen molar-refractivity contribution in [2.45, 2.75) is 6.92 Å². The lowest BCUT2D eigenvalue weighted by Crippen LogP contribution is -2.03. The van der Waals surface area contributed by atoms with Gasteiger partial charge < -0.3 is 10.8 Å². The van der Waals surface area contributed by atoms with Crippen LogP contribution in [0.15, 0.2) is 55.9 Å². The third kappa shape index (κ3) is 3.21. The SMILES string of the molecule is Cc1ccc(N=Nc2cc(Br)c(O)c(=O)c(N)c2)cc1. The zero-order valence-corrected chi connectivity index (χ0v) is 12.3. The number of hydrogen-bond donors (Lipinski definition) is 2. The molecule has 0 saturated heterocycles. The van der Waals surface area contributed by atoms with Gasteiger partial charge >= 0.3 is 0 Å². The predicted octanol–water partition coefficient (Wildman–Crippen LogP) is 3.82. The number of nitrogen functional groups attached to an aromatic ring is 1. The summed E-state index contributed by atoms with van der Waals surface area (Å²) in [4.78, 5) is 11.6. The van der Waals surface area contributed by atoms with Gasteiger partial charge in [0.25, 0.3) is 0 Å². The Bertz CT molecular complexity index is 728. The van der Waals surface area contributed by atoms with Gasteiger partial charge in [-0.25, -0.2) is 0 Å². The molecule has 0 spiro atoms. The Morgan fingerprint density at radius 3 is 2.35 bits per heavy atom. The Labute approximate surface area is 123 Å². The van der Waals surface area contributed by atoms with Gasteiger partial charge in [-0.1, -0.05) is 17.7 Å². The van der Waals surface area contributed by atoms with Crippen molar-refractivity contribution >= 4 is 33.0 Å². The van der Waals surface area contributed by atoms with Crippen LogP contribution in [0.1, 0.15) is 5.56 Å². The van der Waals surface area contributed by atoms with Gasteiger partial charge in [-0.05, 0) is 47.1 Å². The van der Waals surface area contributed by atoms with Crippen LogP contribution in [0.2, 0.25) is 0 Å². The molecule has 3 N–H and O–H groups in total. The second-order valence-electron chi connectivity index (χ2n) is 4.23. The molecule has 2 rings (SSSR count). The highest BCUT2D eigenvalue weighted by atomic mass is 79.9. The maximum absolute atomic E-state index is 11.6. The average Bonchev–Trinajstić information content (AvgIpc) is 2.52. The van der Waals surface area contributed by atoms with Gasteiger partial charge in [-0.2, -0.15) is 10.2 Å². The average molecular weight is 334 g/mol. The van der Waals surface area contributed by atoms with Crippen molar-refractivity contribution in [1.29, 1.82) is 0 Å². The fraction of sp³-hybridized carbons (Fsp3) is 0.0714. The molecule has 0 aliphatic carbocycles. The van der Waals surface area contributed by atoms with Crippen molar-refractivity contribution in [3.8, 4) is 5.75 Å². The standard InChI is InChI=1S/C14H12BrN3O2/c1-8-2-4-9(5-3-8)17-18-10-6-11(15)13(19)14(20)12(16)7-10/h2-7H,1H3,(H3,16,19,20). The number of rotatable bonds is 2. The minimum absolute atomic E-state index is 0.0916. The van der Waals surface area contributed by atoms with Gasteiger partial charge in [0.2, 0.25) is 5.43 Å². The maximum Gasteiger partial charge on any atom is 0.244 e. The van der Waals surface area contributed by atoms with Crippen LogP contribution in [0, 0.1) is 6.92 Å². The molecule has 0 unspecified atom stereocenters. The lowest BCUT2D eigenvalue weighted by molar-refractivity contribution is 0.468. The first-order valence-electron chi connectivity index (χ1n) is 5.78. The van der Waals surface area contributed by atoms with Crippen molar-refractivity contribution in [2.75, 3.05) is 5.73 Å². The molecule has 0 heterocycles. The first-order valence-corrected chi connectivity index (χ1v) is 6.57. The second kappa shape index (κ2) is 5.83. The van der Waals surface area contributed by atoms with Crippen molar-refractivity contribution in [3.63, 3.8) is 0 Å². The van der Waals surface area contributed by atoms with Gasteiger partial charge in [0, 0.05) is 0 Å². The highest BCUT2D eigenvalue weighted by Gasteiger charge is 2.06. The molecule has 0 aliphatic heterocycles. The Kier molecular flexibility index (Phi) is 4.14. The number of halogens is 1. The molecule has 2 aromatic carbocycles. The lowest BCUT2D eigenvalue weighted by Gasteiger charge is -1.93. The van der Waals surface area contributed by atoms with Crippen LogP contribution in [0.3, 0.4) is 0 Å². The molecule has 0 aliphatic rings. The van der Waals surface area contributed by atoms with E-state index >= 15 is 0 Å². The molecule has 2 aromatic rings.